The summed E-state index contributed by atoms with van der Waals surface area (Å²) >= 11 is 0. The molecule has 70 valence electrons. The Hall–Kier alpha value is -0.0900. The van der Waals surface area contributed by atoms with E-state index in [0.717, 1.165) is 25.2 Å². The lowest BCUT2D eigenvalue weighted by molar-refractivity contribution is 0.380. The van der Waals surface area contributed by atoms with E-state index in [-0.39, 0.29) is 5.54 Å². The minimum Gasteiger partial charge on any atom is -0.213 e. The van der Waals surface area contributed by atoms with E-state index in [2.05, 4.69) is 4.72 Å². The molecule has 2 fully saturated rings. The molecule has 0 heterocycles. The highest BCUT2D eigenvalue weighted by Gasteiger charge is 2.46. The summed E-state index contributed by atoms with van der Waals surface area (Å²) in [6.45, 7) is 0. The van der Waals surface area contributed by atoms with Gasteiger partial charge in [0.15, 0.2) is 0 Å². The van der Waals surface area contributed by atoms with Crippen molar-refractivity contribution >= 4 is 10.0 Å². The number of fused-ring (bicyclic) bond motifs is 2. The van der Waals surface area contributed by atoms with Gasteiger partial charge in [-0.25, -0.2) is 13.1 Å². The second kappa shape index (κ2) is 2.45. The minimum absolute atomic E-state index is 0.0434. The first-order valence-corrected chi connectivity index (χ1v) is 6.37. The molecule has 0 atom stereocenters. The second-order valence-corrected chi connectivity index (χ2v) is 6.05. The zero-order valence-electron chi connectivity index (χ0n) is 7.34. The third-order valence-electron chi connectivity index (χ3n) is 3.14. The van der Waals surface area contributed by atoms with Crippen molar-refractivity contribution in [3.63, 3.8) is 0 Å². The molecule has 0 aromatic carbocycles. The zero-order valence-corrected chi connectivity index (χ0v) is 8.15. The molecule has 2 aliphatic carbocycles. The summed E-state index contributed by atoms with van der Waals surface area (Å²) in [6.07, 6.45) is 6.84. The molecule has 0 amide bonds. The lowest BCUT2D eigenvalue weighted by Crippen LogP contribution is -2.44. The number of sulfonamides is 1. The molecule has 0 radical (unpaired) electrons. The Bertz CT molecular complexity index is 275. The van der Waals surface area contributed by atoms with E-state index in [1.54, 1.807) is 0 Å². The molecule has 2 aliphatic rings. The van der Waals surface area contributed by atoms with E-state index in [9.17, 15) is 8.42 Å². The fraction of sp³-hybridized carbons (Fsp3) is 1.00. The largest absolute Gasteiger partial charge is 0.213 e. The Morgan fingerprint density at radius 1 is 1.33 bits per heavy atom. The zero-order chi connectivity index (χ0) is 8.82. The molecule has 2 bridgehead atoms. The van der Waals surface area contributed by atoms with Crippen molar-refractivity contribution in [2.45, 2.75) is 37.6 Å². The fourth-order valence-electron chi connectivity index (χ4n) is 2.73. The first-order chi connectivity index (χ1) is 5.49. The van der Waals surface area contributed by atoms with Gasteiger partial charge in [0.1, 0.15) is 0 Å². The molecule has 12 heavy (non-hydrogen) atoms. The summed E-state index contributed by atoms with van der Waals surface area (Å²) in [5.74, 6) is 0.791. The molecule has 0 spiro atoms. The van der Waals surface area contributed by atoms with Gasteiger partial charge in [-0.15, -0.1) is 0 Å². The quantitative estimate of drug-likeness (QED) is 0.700. The molecular weight excluding hydrogens is 174 g/mol. The maximum absolute atomic E-state index is 11.1. The highest BCUT2D eigenvalue weighted by molar-refractivity contribution is 7.88. The van der Waals surface area contributed by atoms with Crippen molar-refractivity contribution in [2.24, 2.45) is 5.92 Å². The highest BCUT2D eigenvalue weighted by atomic mass is 32.2. The van der Waals surface area contributed by atoms with Gasteiger partial charge in [0.05, 0.1) is 6.26 Å². The van der Waals surface area contributed by atoms with Crippen molar-refractivity contribution in [3.8, 4) is 0 Å². The summed E-state index contributed by atoms with van der Waals surface area (Å²) < 4.78 is 24.9. The van der Waals surface area contributed by atoms with Gasteiger partial charge in [0, 0.05) is 5.54 Å². The lowest BCUT2D eigenvalue weighted by atomic mass is 9.95. The Balaban J connectivity index is 2.13. The first-order valence-electron chi connectivity index (χ1n) is 4.48. The molecule has 0 aliphatic heterocycles. The van der Waals surface area contributed by atoms with E-state index in [1.165, 1.54) is 19.1 Å². The summed E-state index contributed by atoms with van der Waals surface area (Å²) in [7, 11) is -3.00. The summed E-state index contributed by atoms with van der Waals surface area (Å²) in [5.41, 5.74) is -0.0434. The van der Waals surface area contributed by atoms with Crippen molar-refractivity contribution in [1.82, 2.24) is 4.72 Å². The van der Waals surface area contributed by atoms with Crippen LogP contribution in [0.5, 0.6) is 0 Å². The third-order valence-corrected chi connectivity index (χ3v) is 3.95. The maximum Gasteiger partial charge on any atom is 0.209 e. The van der Waals surface area contributed by atoms with Crippen LogP contribution >= 0.6 is 0 Å². The van der Waals surface area contributed by atoms with E-state index in [4.69, 9.17) is 0 Å². The second-order valence-electron chi connectivity index (χ2n) is 4.30. The van der Waals surface area contributed by atoms with E-state index in [1.807, 2.05) is 0 Å². The molecule has 4 heteroatoms. The molecule has 0 aromatic rings. The van der Waals surface area contributed by atoms with Gasteiger partial charge in [-0.05, 0) is 38.0 Å². The molecule has 3 nitrogen and oxygen atoms in total. The molecule has 0 aromatic heterocycles. The monoisotopic (exact) mass is 189 g/mol. The Kier molecular flexibility index (Phi) is 1.74. The van der Waals surface area contributed by atoms with Crippen LogP contribution in [0.2, 0.25) is 0 Å². The summed E-state index contributed by atoms with van der Waals surface area (Å²) in [4.78, 5) is 0. The predicted octanol–water partition coefficient (Wildman–Crippen LogP) is 0.868. The fourth-order valence-corrected chi connectivity index (χ4v) is 3.80. The molecule has 1 N–H and O–H groups in total. The Morgan fingerprint density at radius 2 is 1.92 bits per heavy atom. The number of hydrogen-bond donors (Lipinski definition) is 1. The molecule has 0 saturated heterocycles. The van der Waals surface area contributed by atoms with Crippen LogP contribution in [-0.4, -0.2) is 20.2 Å². The number of nitrogens with one attached hydrogen (secondary N) is 1. The van der Waals surface area contributed by atoms with Crippen LogP contribution in [0.4, 0.5) is 0 Å². The first kappa shape index (κ1) is 8.51. The van der Waals surface area contributed by atoms with Crippen LogP contribution in [0.1, 0.15) is 32.1 Å². The number of rotatable bonds is 2. The van der Waals surface area contributed by atoms with Gasteiger partial charge in [0.25, 0.3) is 0 Å². The van der Waals surface area contributed by atoms with Crippen LogP contribution < -0.4 is 4.72 Å². The van der Waals surface area contributed by atoms with Crippen molar-refractivity contribution in [1.29, 1.82) is 0 Å². The van der Waals surface area contributed by atoms with Gasteiger partial charge in [-0.2, -0.15) is 0 Å². The smallest absolute Gasteiger partial charge is 0.209 e. The molecular formula is C8H15NO2S. The normalized spacial score (nSPS) is 40.6. The van der Waals surface area contributed by atoms with E-state index in [0.29, 0.717) is 0 Å². The molecule has 2 saturated carbocycles. The third kappa shape index (κ3) is 1.50. The van der Waals surface area contributed by atoms with Crippen molar-refractivity contribution in [3.05, 3.63) is 0 Å². The van der Waals surface area contributed by atoms with E-state index < -0.39 is 10.0 Å². The number of hydrogen-bond acceptors (Lipinski definition) is 2. The topological polar surface area (TPSA) is 46.2 Å². The summed E-state index contributed by atoms with van der Waals surface area (Å²) in [6, 6.07) is 0. The average molecular weight is 189 g/mol. The Morgan fingerprint density at radius 3 is 2.25 bits per heavy atom. The van der Waals surface area contributed by atoms with Crippen LogP contribution in [0.3, 0.4) is 0 Å². The molecule has 2 rings (SSSR count). The molecule has 0 unspecified atom stereocenters. The Labute approximate surface area is 73.6 Å². The SMILES string of the molecule is CS(=O)(=O)NC12CCC(CC1)C2. The van der Waals surface area contributed by atoms with Crippen LogP contribution in [0, 0.1) is 5.92 Å². The van der Waals surface area contributed by atoms with Crippen LogP contribution in [0.25, 0.3) is 0 Å². The van der Waals surface area contributed by atoms with Gasteiger partial charge in [-0.3, -0.25) is 0 Å². The summed E-state index contributed by atoms with van der Waals surface area (Å²) in [5, 5.41) is 0. The van der Waals surface area contributed by atoms with Crippen LogP contribution in [0.15, 0.2) is 0 Å². The lowest BCUT2D eigenvalue weighted by Gasteiger charge is -2.26. The van der Waals surface area contributed by atoms with Crippen molar-refractivity contribution < 1.29 is 8.42 Å². The van der Waals surface area contributed by atoms with E-state index >= 15 is 0 Å². The van der Waals surface area contributed by atoms with Crippen molar-refractivity contribution in [2.75, 3.05) is 6.26 Å². The predicted molar refractivity (Wildman–Crippen MR) is 47.3 cm³/mol. The maximum atomic E-state index is 11.1. The highest BCUT2D eigenvalue weighted by Crippen LogP contribution is 2.47. The van der Waals surface area contributed by atoms with Gasteiger partial charge in [-0.1, -0.05) is 0 Å². The van der Waals surface area contributed by atoms with Gasteiger partial charge in [0.2, 0.25) is 10.0 Å². The van der Waals surface area contributed by atoms with Crippen LogP contribution in [-0.2, 0) is 10.0 Å². The van der Waals surface area contributed by atoms with Gasteiger partial charge < -0.3 is 0 Å². The van der Waals surface area contributed by atoms with Gasteiger partial charge >= 0.3 is 0 Å². The minimum atomic E-state index is -3.00. The standard InChI is InChI=1S/C8H15NO2S/c1-12(10,11)9-8-4-2-7(6-8)3-5-8/h7,9H,2-6H2,1H3. The average Bonchev–Trinajstić information content (AvgIpc) is 2.40.